The van der Waals surface area contributed by atoms with E-state index in [9.17, 15) is 9.59 Å². The van der Waals surface area contributed by atoms with Crippen molar-refractivity contribution in [3.63, 3.8) is 0 Å². The van der Waals surface area contributed by atoms with Gasteiger partial charge in [-0.15, -0.1) is 0 Å². The Kier molecular flexibility index (Phi) is 8.39. The maximum absolute atomic E-state index is 12.8. The average molecular weight is 505 g/mol. The number of Topliss-reactive ketones (excluding diaryl/α,β-unsaturated/α-hetero) is 1. The Bertz CT molecular complexity index is 1040. The van der Waals surface area contributed by atoms with Crippen LogP contribution in [0.3, 0.4) is 0 Å². The number of nitrogens with one attached hydrogen (secondary N) is 1. The number of ketones is 1. The van der Waals surface area contributed by atoms with E-state index in [-0.39, 0.29) is 23.9 Å². The molecule has 7 nitrogen and oxygen atoms in total. The van der Waals surface area contributed by atoms with Gasteiger partial charge in [0.25, 0.3) is 0 Å². The minimum absolute atomic E-state index is 0.0527. The second-order valence-electron chi connectivity index (χ2n) is 10.8. The molecule has 37 heavy (non-hydrogen) atoms. The molecule has 1 aliphatic carbocycles. The summed E-state index contributed by atoms with van der Waals surface area (Å²) in [4.78, 5) is 33.3. The van der Waals surface area contributed by atoms with Crippen LogP contribution in [0.4, 0.5) is 0 Å². The predicted molar refractivity (Wildman–Crippen MR) is 146 cm³/mol. The quantitative estimate of drug-likeness (QED) is 0.596. The van der Waals surface area contributed by atoms with Crippen LogP contribution in [0.2, 0.25) is 0 Å². The summed E-state index contributed by atoms with van der Waals surface area (Å²) in [6.07, 6.45) is 13.2. The Morgan fingerprint density at radius 3 is 2.43 bits per heavy atom. The van der Waals surface area contributed by atoms with Crippen LogP contribution in [-0.4, -0.2) is 66.8 Å². The van der Waals surface area contributed by atoms with Crippen LogP contribution >= 0.6 is 0 Å². The van der Waals surface area contributed by atoms with Crippen molar-refractivity contribution < 1.29 is 14.3 Å². The lowest BCUT2D eigenvalue weighted by atomic mass is 9.85. The number of benzene rings is 1. The van der Waals surface area contributed by atoms with Gasteiger partial charge in [0.15, 0.2) is 6.29 Å². The zero-order valence-electron chi connectivity index (χ0n) is 22.0. The number of piperidine rings is 2. The van der Waals surface area contributed by atoms with Crippen LogP contribution in [0, 0.1) is 11.8 Å². The molecule has 0 saturated carbocycles. The van der Waals surface area contributed by atoms with Gasteiger partial charge in [-0.1, -0.05) is 25.1 Å². The number of allylic oxidation sites excluding steroid dienone is 3. The van der Waals surface area contributed by atoms with Crippen LogP contribution in [0.25, 0.3) is 5.57 Å². The first-order chi connectivity index (χ1) is 18.1. The predicted octanol–water partition coefficient (Wildman–Crippen LogP) is 4.40. The minimum atomic E-state index is 0.0527. The highest BCUT2D eigenvalue weighted by molar-refractivity contribution is 5.85. The number of likely N-dealkylation sites (tertiary alicyclic amines) is 2. The fraction of sp³-hybridized carbons (Fsp3) is 0.567. The largest absolute Gasteiger partial charge is 0.493 e. The van der Waals surface area contributed by atoms with E-state index < -0.39 is 0 Å². The molecule has 0 spiro atoms. The van der Waals surface area contributed by atoms with Crippen LogP contribution in [-0.2, 0) is 9.59 Å². The maximum atomic E-state index is 12.8. The van der Waals surface area contributed by atoms with Gasteiger partial charge in [-0.3, -0.25) is 19.5 Å². The molecule has 2 saturated heterocycles. The van der Waals surface area contributed by atoms with Crippen LogP contribution in [0.5, 0.6) is 5.75 Å². The SMILES string of the molecule is CCC1=CNC(N2CCC(COc3ccc(C4=CCC(C(=O)N5CCC(=O)CC5)CC4)cc3)CC2)N=C1. The van der Waals surface area contributed by atoms with Crippen molar-refractivity contribution in [3.05, 3.63) is 47.7 Å². The number of carbonyl (C=O) groups is 2. The highest BCUT2D eigenvalue weighted by Crippen LogP contribution is 2.32. The van der Waals surface area contributed by atoms with Gasteiger partial charge in [-0.2, -0.15) is 0 Å². The molecule has 1 amide bonds. The third-order valence-electron chi connectivity index (χ3n) is 8.31. The number of hydrogen-bond donors (Lipinski definition) is 1. The molecular formula is C30H40N4O3. The average Bonchev–Trinajstić information content (AvgIpc) is 2.97. The van der Waals surface area contributed by atoms with E-state index in [1.165, 1.54) is 16.7 Å². The molecule has 1 aromatic rings. The van der Waals surface area contributed by atoms with E-state index in [1.54, 1.807) is 0 Å². The molecule has 4 aliphatic rings. The molecule has 198 valence electrons. The lowest BCUT2D eigenvalue weighted by Gasteiger charge is -2.36. The van der Waals surface area contributed by atoms with Crippen molar-refractivity contribution in [3.8, 4) is 5.75 Å². The van der Waals surface area contributed by atoms with E-state index in [0.717, 1.165) is 64.0 Å². The third-order valence-corrected chi connectivity index (χ3v) is 8.31. The standard InChI is InChI=1S/C30H40N4O3/c1-2-22-19-31-30(32-20-22)34-15-11-23(12-16-34)21-37-28-9-7-25(8-10-28)24-3-5-26(6-4-24)29(36)33-17-13-27(35)14-18-33/h3,7-10,19-20,23,26,30-31H,2,4-6,11-18,21H2,1H3. The number of nitrogens with zero attached hydrogens (tertiary/aromatic N) is 3. The number of carbonyl (C=O) groups excluding carboxylic acids is 2. The van der Waals surface area contributed by atoms with Crippen LogP contribution in [0.1, 0.15) is 63.9 Å². The lowest BCUT2D eigenvalue weighted by molar-refractivity contribution is -0.138. The molecule has 7 heteroatoms. The number of aliphatic imine (C=N–C) groups is 1. The number of rotatable bonds is 7. The smallest absolute Gasteiger partial charge is 0.226 e. The highest BCUT2D eigenvalue weighted by Gasteiger charge is 2.29. The van der Waals surface area contributed by atoms with Gasteiger partial charge in [-0.25, -0.2) is 0 Å². The van der Waals surface area contributed by atoms with Gasteiger partial charge in [0.1, 0.15) is 11.5 Å². The van der Waals surface area contributed by atoms with Gasteiger partial charge in [0.2, 0.25) is 5.91 Å². The normalized spacial score (nSPS) is 25.3. The summed E-state index contributed by atoms with van der Waals surface area (Å²) in [5.41, 5.74) is 3.78. The van der Waals surface area contributed by atoms with Crippen LogP contribution in [0.15, 0.2) is 47.1 Å². The first-order valence-electron chi connectivity index (χ1n) is 14.0. The number of ether oxygens (including phenoxy) is 1. The Morgan fingerprint density at radius 2 is 1.81 bits per heavy atom. The zero-order chi connectivity index (χ0) is 25.6. The first kappa shape index (κ1) is 25.7. The van der Waals surface area contributed by atoms with Gasteiger partial charge >= 0.3 is 0 Å². The van der Waals surface area contributed by atoms with Crippen molar-refractivity contribution >= 4 is 23.5 Å². The van der Waals surface area contributed by atoms with E-state index in [1.807, 2.05) is 11.1 Å². The summed E-state index contributed by atoms with van der Waals surface area (Å²) in [6.45, 7) is 6.15. The zero-order valence-corrected chi connectivity index (χ0v) is 22.0. The van der Waals surface area contributed by atoms with Gasteiger partial charge in [-0.05, 0) is 73.3 Å². The molecule has 5 rings (SSSR count). The maximum Gasteiger partial charge on any atom is 0.226 e. The second kappa shape index (κ2) is 12.1. The van der Waals surface area contributed by atoms with Crippen molar-refractivity contribution in [2.45, 2.75) is 64.6 Å². The Balaban J connectivity index is 1.04. The monoisotopic (exact) mass is 504 g/mol. The third kappa shape index (κ3) is 6.50. The molecule has 0 radical (unpaired) electrons. The fourth-order valence-corrected chi connectivity index (χ4v) is 5.72. The summed E-state index contributed by atoms with van der Waals surface area (Å²) in [7, 11) is 0. The highest BCUT2D eigenvalue weighted by atomic mass is 16.5. The molecule has 1 N–H and O–H groups in total. The molecular weight excluding hydrogens is 464 g/mol. The van der Waals surface area contributed by atoms with Crippen molar-refractivity contribution in [2.24, 2.45) is 16.8 Å². The molecule has 3 aliphatic heterocycles. The lowest BCUT2D eigenvalue weighted by Crippen LogP contribution is -2.48. The van der Waals surface area contributed by atoms with Gasteiger partial charge in [0, 0.05) is 57.4 Å². The van der Waals surface area contributed by atoms with Crippen LogP contribution < -0.4 is 10.1 Å². The summed E-state index contributed by atoms with van der Waals surface area (Å²) in [6, 6.07) is 8.44. The molecule has 0 aromatic heterocycles. The summed E-state index contributed by atoms with van der Waals surface area (Å²) in [5, 5.41) is 3.42. The molecule has 2 unspecified atom stereocenters. The first-order valence-corrected chi connectivity index (χ1v) is 14.0. The Labute approximate surface area is 220 Å². The summed E-state index contributed by atoms with van der Waals surface area (Å²) < 4.78 is 6.15. The van der Waals surface area contributed by atoms with Crippen molar-refractivity contribution in [1.82, 2.24) is 15.1 Å². The van der Waals surface area contributed by atoms with Crippen molar-refractivity contribution in [2.75, 3.05) is 32.8 Å². The van der Waals surface area contributed by atoms with E-state index >= 15 is 0 Å². The number of amides is 1. The van der Waals surface area contributed by atoms with E-state index in [4.69, 9.17) is 4.74 Å². The number of hydrogen-bond acceptors (Lipinski definition) is 6. The minimum Gasteiger partial charge on any atom is -0.493 e. The topological polar surface area (TPSA) is 74.2 Å². The molecule has 2 atom stereocenters. The summed E-state index contributed by atoms with van der Waals surface area (Å²) in [5.74, 6) is 2.04. The molecule has 1 aromatic carbocycles. The molecule has 2 fully saturated rings. The van der Waals surface area contributed by atoms with Gasteiger partial charge < -0.3 is 15.0 Å². The Morgan fingerprint density at radius 1 is 1.05 bits per heavy atom. The van der Waals surface area contributed by atoms with E-state index in [0.29, 0.717) is 31.8 Å². The fourth-order valence-electron chi connectivity index (χ4n) is 5.72. The molecule has 3 heterocycles. The van der Waals surface area contributed by atoms with Gasteiger partial charge in [0.05, 0.1) is 6.61 Å². The Hall–Kier alpha value is -2.93. The van der Waals surface area contributed by atoms with E-state index in [2.05, 4.69) is 58.7 Å². The second-order valence-corrected chi connectivity index (χ2v) is 10.8. The molecule has 0 bridgehead atoms. The van der Waals surface area contributed by atoms with Crippen molar-refractivity contribution in [1.29, 1.82) is 0 Å². The summed E-state index contributed by atoms with van der Waals surface area (Å²) >= 11 is 0.